The Labute approximate surface area is 86.2 Å². The Morgan fingerprint density at radius 3 is 2.67 bits per heavy atom. The minimum absolute atomic E-state index is 0.817. The van der Waals surface area contributed by atoms with Gasteiger partial charge in [0.15, 0.2) is 6.61 Å². The van der Waals surface area contributed by atoms with E-state index in [1.165, 1.54) is 6.08 Å². The van der Waals surface area contributed by atoms with Gasteiger partial charge in [-0.2, -0.15) is 13.2 Å². The van der Waals surface area contributed by atoms with Crippen LogP contribution in [0.2, 0.25) is 0 Å². The smallest absolute Gasteiger partial charge is 0.422 e. The van der Waals surface area contributed by atoms with Gasteiger partial charge in [0.05, 0.1) is 6.26 Å². The molecule has 0 aliphatic rings. The lowest BCUT2D eigenvalue weighted by Crippen LogP contribution is -2.14. The molecule has 0 N–H and O–H groups in total. The minimum atomic E-state index is -4.28. The predicted molar refractivity (Wildman–Crippen MR) is 52.2 cm³/mol. The number of hydrogen-bond donors (Lipinski definition) is 0. The van der Waals surface area contributed by atoms with E-state index >= 15 is 0 Å². The summed E-state index contributed by atoms with van der Waals surface area (Å²) in [5, 5.41) is 0. The van der Waals surface area contributed by atoms with Crippen LogP contribution in [0.25, 0.3) is 6.08 Å². The number of halogens is 3. The Hall–Kier alpha value is -1.45. The topological polar surface area (TPSA) is 9.23 Å². The highest BCUT2D eigenvalue weighted by Crippen LogP contribution is 2.14. The molecule has 0 saturated heterocycles. The molecule has 0 atom stereocenters. The van der Waals surface area contributed by atoms with Crippen molar-refractivity contribution in [3.05, 3.63) is 41.7 Å². The zero-order valence-corrected chi connectivity index (χ0v) is 8.21. The normalized spacial score (nSPS) is 12.0. The van der Waals surface area contributed by atoms with Gasteiger partial charge in [-0.25, -0.2) is 0 Å². The minimum Gasteiger partial charge on any atom is -0.492 e. The highest BCUT2D eigenvalue weighted by atomic mass is 19.4. The maximum atomic E-state index is 11.7. The Morgan fingerprint density at radius 1 is 1.33 bits per heavy atom. The second-order valence-corrected chi connectivity index (χ2v) is 3.14. The van der Waals surface area contributed by atoms with Crippen molar-refractivity contribution in [2.75, 3.05) is 6.61 Å². The Kier molecular flexibility index (Phi) is 3.77. The summed E-state index contributed by atoms with van der Waals surface area (Å²) in [5.74, 6) is 0. The van der Waals surface area contributed by atoms with E-state index in [-0.39, 0.29) is 0 Å². The molecule has 15 heavy (non-hydrogen) atoms. The van der Waals surface area contributed by atoms with Gasteiger partial charge >= 0.3 is 6.18 Å². The molecular formula is C11H11F3O. The summed E-state index contributed by atoms with van der Waals surface area (Å²) in [6.45, 7) is 0.656. The first-order chi connectivity index (χ1) is 6.97. The van der Waals surface area contributed by atoms with Crippen LogP contribution in [0.5, 0.6) is 0 Å². The zero-order valence-electron chi connectivity index (χ0n) is 8.21. The van der Waals surface area contributed by atoms with Crippen molar-refractivity contribution >= 4 is 6.08 Å². The number of benzene rings is 1. The van der Waals surface area contributed by atoms with Crippen molar-refractivity contribution in [1.82, 2.24) is 0 Å². The van der Waals surface area contributed by atoms with Crippen molar-refractivity contribution in [2.24, 2.45) is 0 Å². The van der Waals surface area contributed by atoms with Crippen LogP contribution in [0.15, 0.2) is 30.5 Å². The lowest BCUT2D eigenvalue weighted by molar-refractivity contribution is -0.161. The number of aryl methyl sites for hydroxylation is 1. The van der Waals surface area contributed by atoms with Gasteiger partial charge in [-0.05, 0) is 18.6 Å². The first kappa shape index (κ1) is 11.6. The van der Waals surface area contributed by atoms with Crippen molar-refractivity contribution < 1.29 is 17.9 Å². The SMILES string of the molecule is Cc1cccc(/C=C/OCC(F)(F)F)c1. The van der Waals surface area contributed by atoms with E-state index in [0.717, 1.165) is 17.4 Å². The third kappa shape index (κ3) is 5.10. The molecule has 82 valence electrons. The Bertz CT molecular complexity index is 342. The number of hydrogen-bond acceptors (Lipinski definition) is 1. The van der Waals surface area contributed by atoms with Gasteiger partial charge in [-0.1, -0.05) is 29.8 Å². The maximum Gasteiger partial charge on any atom is 0.422 e. The molecule has 0 aromatic heterocycles. The molecule has 0 heterocycles. The van der Waals surface area contributed by atoms with Crippen LogP contribution < -0.4 is 0 Å². The first-order valence-corrected chi connectivity index (χ1v) is 4.39. The van der Waals surface area contributed by atoms with E-state index in [2.05, 4.69) is 4.74 Å². The van der Waals surface area contributed by atoms with Crippen LogP contribution in [0.1, 0.15) is 11.1 Å². The van der Waals surface area contributed by atoms with Crippen LogP contribution in [0, 0.1) is 6.92 Å². The van der Waals surface area contributed by atoms with E-state index < -0.39 is 12.8 Å². The first-order valence-electron chi connectivity index (χ1n) is 4.39. The number of ether oxygens (including phenoxy) is 1. The van der Waals surface area contributed by atoms with Gasteiger partial charge in [0.2, 0.25) is 0 Å². The summed E-state index contributed by atoms with van der Waals surface area (Å²) >= 11 is 0. The van der Waals surface area contributed by atoms with Gasteiger partial charge in [0.1, 0.15) is 0 Å². The predicted octanol–water partition coefficient (Wildman–Crippen LogP) is 3.54. The third-order valence-electron chi connectivity index (χ3n) is 1.65. The van der Waals surface area contributed by atoms with Crippen molar-refractivity contribution in [3.8, 4) is 0 Å². The van der Waals surface area contributed by atoms with E-state index in [4.69, 9.17) is 0 Å². The molecule has 1 nitrogen and oxygen atoms in total. The maximum absolute atomic E-state index is 11.7. The van der Waals surface area contributed by atoms with Crippen LogP contribution in [0.4, 0.5) is 13.2 Å². The standard InChI is InChI=1S/C11H11F3O/c1-9-3-2-4-10(7-9)5-6-15-8-11(12,13)14/h2-7H,8H2,1H3/b6-5+. The lowest BCUT2D eigenvalue weighted by atomic mass is 10.1. The summed E-state index contributed by atoms with van der Waals surface area (Å²) < 4.78 is 39.4. The average Bonchev–Trinajstić information content (AvgIpc) is 2.11. The van der Waals surface area contributed by atoms with E-state index in [9.17, 15) is 13.2 Å². The molecular weight excluding hydrogens is 205 g/mol. The van der Waals surface area contributed by atoms with Crippen LogP contribution in [-0.2, 0) is 4.74 Å². The summed E-state index contributed by atoms with van der Waals surface area (Å²) in [6.07, 6.45) is -1.72. The summed E-state index contributed by atoms with van der Waals surface area (Å²) in [4.78, 5) is 0. The quantitative estimate of drug-likeness (QED) is 0.702. The molecule has 0 unspecified atom stereocenters. The summed E-state index contributed by atoms with van der Waals surface area (Å²) in [6, 6.07) is 7.39. The molecule has 1 aromatic carbocycles. The van der Waals surface area contributed by atoms with Gasteiger partial charge in [-0.15, -0.1) is 0 Å². The molecule has 0 bridgehead atoms. The molecule has 0 spiro atoms. The van der Waals surface area contributed by atoms with Gasteiger partial charge in [0.25, 0.3) is 0 Å². The second-order valence-electron chi connectivity index (χ2n) is 3.14. The second kappa shape index (κ2) is 4.87. The van der Waals surface area contributed by atoms with E-state index in [1.807, 2.05) is 25.1 Å². The van der Waals surface area contributed by atoms with E-state index in [0.29, 0.717) is 0 Å². The molecule has 0 fully saturated rings. The van der Waals surface area contributed by atoms with Gasteiger partial charge < -0.3 is 4.74 Å². The highest BCUT2D eigenvalue weighted by Gasteiger charge is 2.27. The van der Waals surface area contributed by atoms with Gasteiger partial charge in [-0.3, -0.25) is 0 Å². The number of alkyl halides is 3. The van der Waals surface area contributed by atoms with Crippen molar-refractivity contribution in [3.63, 3.8) is 0 Å². The molecule has 0 aliphatic carbocycles. The number of rotatable bonds is 3. The molecule has 0 amide bonds. The summed E-state index contributed by atoms with van der Waals surface area (Å²) in [7, 11) is 0. The summed E-state index contributed by atoms with van der Waals surface area (Å²) in [5.41, 5.74) is 1.87. The van der Waals surface area contributed by atoms with Crippen LogP contribution >= 0.6 is 0 Å². The van der Waals surface area contributed by atoms with E-state index in [1.54, 1.807) is 6.07 Å². The molecule has 1 rings (SSSR count). The monoisotopic (exact) mass is 216 g/mol. The fourth-order valence-electron chi connectivity index (χ4n) is 1.04. The lowest BCUT2D eigenvalue weighted by Gasteiger charge is -2.04. The Morgan fingerprint density at radius 2 is 2.07 bits per heavy atom. The van der Waals surface area contributed by atoms with Crippen molar-refractivity contribution in [1.29, 1.82) is 0 Å². The van der Waals surface area contributed by atoms with Crippen LogP contribution in [-0.4, -0.2) is 12.8 Å². The fraction of sp³-hybridized carbons (Fsp3) is 0.273. The fourth-order valence-corrected chi connectivity index (χ4v) is 1.04. The van der Waals surface area contributed by atoms with Crippen molar-refractivity contribution in [2.45, 2.75) is 13.1 Å². The third-order valence-corrected chi connectivity index (χ3v) is 1.65. The highest BCUT2D eigenvalue weighted by molar-refractivity contribution is 5.49. The molecule has 1 aromatic rings. The van der Waals surface area contributed by atoms with Crippen LogP contribution in [0.3, 0.4) is 0 Å². The molecule has 0 saturated carbocycles. The molecule has 4 heteroatoms. The molecule has 0 aliphatic heterocycles. The Balaban J connectivity index is 2.45. The molecule has 0 radical (unpaired) electrons. The average molecular weight is 216 g/mol. The van der Waals surface area contributed by atoms with Gasteiger partial charge in [0, 0.05) is 0 Å². The zero-order chi connectivity index (χ0) is 11.3. The largest absolute Gasteiger partial charge is 0.492 e.